The molecule has 1 heterocycles. The van der Waals surface area contributed by atoms with Gasteiger partial charge in [0.25, 0.3) is 0 Å². The summed E-state index contributed by atoms with van der Waals surface area (Å²) in [5, 5.41) is 10.6. The van der Waals surface area contributed by atoms with E-state index in [4.69, 9.17) is 4.74 Å². The first-order valence-corrected chi connectivity index (χ1v) is 11.2. The summed E-state index contributed by atoms with van der Waals surface area (Å²) in [5.41, 5.74) is 3.40. The molecule has 0 saturated heterocycles. The quantitative estimate of drug-likeness (QED) is 0.589. The van der Waals surface area contributed by atoms with Gasteiger partial charge >= 0.3 is 0 Å². The zero-order valence-corrected chi connectivity index (χ0v) is 18.2. The molecule has 1 aromatic heterocycles. The molecule has 0 bridgehead atoms. The van der Waals surface area contributed by atoms with Crippen molar-refractivity contribution in [1.82, 2.24) is 4.57 Å². The van der Waals surface area contributed by atoms with E-state index < -0.39 is 10.0 Å². The highest BCUT2D eigenvalue weighted by atomic mass is 32.2. The van der Waals surface area contributed by atoms with Crippen molar-refractivity contribution in [3.8, 4) is 23.7 Å². The number of hydrogen-bond donors (Lipinski definition) is 0. The molecule has 0 fully saturated rings. The first-order valence-electron chi connectivity index (χ1n) is 9.55. The van der Waals surface area contributed by atoms with Crippen molar-refractivity contribution in [3.63, 3.8) is 0 Å². The number of anilines is 1. The minimum atomic E-state index is -3.31. The lowest BCUT2D eigenvalue weighted by Gasteiger charge is -2.18. The lowest BCUT2D eigenvalue weighted by molar-refractivity contribution is 0.415. The number of nitriles is 1. The van der Waals surface area contributed by atoms with E-state index in [1.165, 1.54) is 11.4 Å². The second kappa shape index (κ2) is 8.52. The molecule has 0 amide bonds. The Kier molecular flexibility index (Phi) is 6.05. The van der Waals surface area contributed by atoms with Gasteiger partial charge in [-0.3, -0.25) is 4.31 Å². The summed E-state index contributed by atoms with van der Waals surface area (Å²) in [4.78, 5) is 0. The Morgan fingerprint density at radius 2 is 1.80 bits per heavy atom. The van der Waals surface area contributed by atoms with Gasteiger partial charge in [0, 0.05) is 30.6 Å². The summed E-state index contributed by atoms with van der Waals surface area (Å²) in [6.07, 6.45) is 0. The number of nitrogens with zero attached hydrogens (tertiary/aromatic N) is 3. The van der Waals surface area contributed by atoms with E-state index in [9.17, 15) is 13.7 Å². The fourth-order valence-corrected chi connectivity index (χ4v) is 4.10. The second-order valence-electron chi connectivity index (χ2n) is 6.63. The molecule has 3 rings (SSSR count). The Bertz CT molecular complexity index is 1290. The van der Waals surface area contributed by atoms with Crippen LogP contribution in [0.4, 0.5) is 5.69 Å². The van der Waals surface area contributed by atoms with E-state index in [2.05, 4.69) is 17.9 Å². The zero-order valence-electron chi connectivity index (χ0n) is 17.4. The first-order chi connectivity index (χ1) is 14.4. The topological polar surface area (TPSA) is 75.3 Å². The molecule has 0 aliphatic rings. The molecule has 7 heteroatoms. The van der Waals surface area contributed by atoms with Gasteiger partial charge in [-0.1, -0.05) is 5.92 Å². The lowest BCUT2D eigenvalue weighted by atomic mass is 10.1. The maximum Gasteiger partial charge on any atom is 0.234 e. The molecule has 0 aliphatic heterocycles. The van der Waals surface area contributed by atoms with Crippen LogP contribution in [-0.2, 0) is 16.6 Å². The molecule has 0 N–H and O–H groups in total. The van der Waals surface area contributed by atoms with Crippen LogP contribution in [0.2, 0.25) is 0 Å². The number of aromatic nitrogens is 1. The number of fused-ring (bicyclic) bond motifs is 1. The third kappa shape index (κ3) is 3.85. The van der Waals surface area contributed by atoms with Crippen LogP contribution >= 0.6 is 0 Å². The third-order valence-corrected chi connectivity index (χ3v) is 6.81. The first kappa shape index (κ1) is 21.3. The van der Waals surface area contributed by atoms with Crippen LogP contribution in [0.1, 0.15) is 30.7 Å². The summed E-state index contributed by atoms with van der Waals surface area (Å²) in [6, 6.07) is 14.9. The largest absolute Gasteiger partial charge is 0.497 e. The number of aryl methyl sites for hydroxylation is 1. The molecule has 0 radical (unpaired) electrons. The number of methoxy groups -OCH3 is 1. The fourth-order valence-electron chi connectivity index (χ4n) is 3.27. The molecular formula is C23H23N3O3S. The van der Waals surface area contributed by atoms with Gasteiger partial charge in [-0.25, -0.2) is 8.42 Å². The van der Waals surface area contributed by atoms with Gasteiger partial charge in [0.15, 0.2) is 0 Å². The smallest absolute Gasteiger partial charge is 0.234 e. The van der Waals surface area contributed by atoms with E-state index in [1.54, 1.807) is 38.3 Å². The normalized spacial score (nSPS) is 10.9. The number of hydrogen-bond acceptors (Lipinski definition) is 4. The van der Waals surface area contributed by atoms with Gasteiger partial charge in [0.2, 0.25) is 10.0 Å². The highest BCUT2D eigenvalue weighted by molar-refractivity contribution is 7.92. The maximum absolute atomic E-state index is 12.0. The van der Waals surface area contributed by atoms with Crippen LogP contribution in [0.3, 0.4) is 0 Å². The molecule has 0 unspecified atom stereocenters. The standard InChI is InChI=1S/C23H23N3O3S/c1-5-26-22(21(16-24)20-13-12-19(29-4)15-23(20)26)14-9-17-7-10-18(11-8-17)25(3)30(27,28)6-2/h7-8,10-13,15H,5-6H2,1-4H3. The Morgan fingerprint density at radius 1 is 1.10 bits per heavy atom. The van der Waals surface area contributed by atoms with E-state index in [1.807, 2.05) is 29.7 Å². The molecule has 30 heavy (non-hydrogen) atoms. The monoisotopic (exact) mass is 421 g/mol. The molecule has 0 saturated carbocycles. The molecule has 0 spiro atoms. The Balaban J connectivity index is 2.03. The highest BCUT2D eigenvalue weighted by Crippen LogP contribution is 2.29. The number of sulfonamides is 1. The molecule has 0 aliphatic carbocycles. The van der Waals surface area contributed by atoms with Crippen molar-refractivity contribution < 1.29 is 13.2 Å². The Hall–Kier alpha value is -3.42. The summed E-state index contributed by atoms with van der Waals surface area (Å²) < 4.78 is 32.6. The van der Waals surface area contributed by atoms with Gasteiger partial charge in [-0.05, 0) is 56.2 Å². The van der Waals surface area contributed by atoms with Crippen LogP contribution in [0.15, 0.2) is 42.5 Å². The van der Waals surface area contributed by atoms with E-state index in [0.717, 1.165) is 22.2 Å². The lowest BCUT2D eigenvalue weighted by Crippen LogP contribution is -2.27. The van der Waals surface area contributed by atoms with Crippen molar-refractivity contribution >= 4 is 26.6 Å². The molecule has 3 aromatic rings. The summed E-state index contributed by atoms with van der Waals surface area (Å²) >= 11 is 0. The van der Waals surface area contributed by atoms with Gasteiger partial charge in [-0.15, -0.1) is 0 Å². The van der Waals surface area contributed by atoms with E-state index >= 15 is 0 Å². The van der Waals surface area contributed by atoms with Gasteiger partial charge in [0.05, 0.1) is 29.6 Å². The maximum atomic E-state index is 12.0. The van der Waals surface area contributed by atoms with Crippen molar-refractivity contribution in [2.45, 2.75) is 20.4 Å². The van der Waals surface area contributed by atoms with Crippen molar-refractivity contribution in [3.05, 3.63) is 59.3 Å². The van der Waals surface area contributed by atoms with Crippen LogP contribution in [-0.4, -0.2) is 32.9 Å². The molecule has 2 aromatic carbocycles. The molecule has 154 valence electrons. The average Bonchev–Trinajstić information content (AvgIpc) is 3.08. The number of benzene rings is 2. The fraction of sp³-hybridized carbons (Fsp3) is 0.261. The van der Waals surface area contributed by atoms with Crippen LogP contribution < -0.4 is 9.04 Å². The SMILES string of the molecule is CCn1c(C#Cc2ccc(N(C)S(=O)(=O)CC)cc2)c(C#N)c2ccc(OC)cc21. The van der Waals surface area contributed by atoms with Gasteiger partial charge < -0.3 is 9.30 Å². The van der Waals surface area contributed by atoms with Crippen molar-refractivity contribution in [2.75, 3.05) is 24.2 Å². The average molecular weight is 422 g/mol. The highest BCUT2D eigenvalue weighted by Gasteiger charge is 2.16. The van der Waals surface area contributed by atoms with Crippen molar-refractivity contribution in [2.24, 2.45) is 0 Å². The van der Waals surface area contributed by atoms with E-state index in [0.29, 0.717) is 23.5 Å². The minimum Gasteiger partial charge on any atom is -0.497 e. The van der Waals surface area contributed by atoms with Gasteiger partial charge in [0.1, 0.15) is 17.5 Å². The molecular weight excluding hydrogens is 398 g/mol. The Labute approximate surface area is 177 Å². The number of ether oxygens (including phenoxy) is 1. The summed E-state index contributed by atoms with van der Waals surface area (Å²) in [5.74, 6) is 6.99. The second-order valence-corrected chi connectivity index (χ2v) is 8.92. The minimum absolute atomic E-state index is 0.0361. The Morgan fingerprint density at radius 3 is 2.37 bits per heavy atom. The predicted molar refractivity (Wildman–Crippen MR) is 119 cm³/mol. The zero-order chi connectivity index (χ0) is 21.9. The predicted octanol–water partition coefficient (Wildman–Crippen LogP) is 3.73. The third-order valence-electron chi connectivity index (χ3n) is 5.04. The number of rotatable bonds is 5. The summed E-state index contributed by atoms with van der Waals surface area (Å²) in [7, 11) is -0.166. The van der Waals surface area contributed by atoms with Crippen LogP contribution in [0, 0.1) is 23.2 Å². The van der Waals surface area contributed by atoms with Crippen LogP contribution in [0.5, 0.6) is 5.75 Å². The van der Waals surface area contributed by atoms with Gasteiger partial charge in [-0.2, -0.15) is 5.26 Å². The van der Waals surface area contributed by atoms with Crippen LogP contribution in [0.25, 0.3) is 10.9 Å². The van der Waals surface area contributed by atoms with Crippen molar-refractivity contribution in [1.29, 1.82) is 5.26 Å². The van der Waals surface area contributed by atoms with E-state index in [-0.39, 0.29) is 5.75 Å². The molecule has 6 nitrogen and oxygen atoms in total. The molecule has 0 atom stereocenters. The summed E-state index contributed by atoms with van der Waals surface area (Å²) in [6.45, 7) is 4.28.